The number of rotatable bonds is 3. The van der Waals surface area contributed by atoms with Crippen LogP contribution in [0.1, 0.15) is 44.2 Å². The van der Waals surface area contributed by atoms with E-state index in [1.165, 1.54) is 36.9 Å². The van der Waals surface area contributed by atoms with Gasteiger partial charge in [0.05, 0.1) is 0 Å². The van der Waals surface area contributed by atoms with E-state index in [1.807, 2.05) is 6.92 Å². The first-order valence-electron chi connectivity index (χ1n) is 6.37. The van der Waals surface area contributed by atoms with E-state index in [9.17, 15) is 0 Å². The van der Waals surface area contributed by atoms with Crippen molar-refractivity contribution >= 4 is 21.6 Å². The Kier molecular flexibility index (Phi) is 4.10. The van der Waals surface area contributed by atoms with E-state index in [4.69, 9.17) is 5.73 Å². The predicted octanol–water partition coefficient (Wildman–Crippen LogP) is 3.85. The summed E-state index contributed by atoms with van der Waals surface area (Å²) >= 11 is 3.62. The van der Waals surface area contributed by atoms with Gasteiger partial charge in [-0.25, -0.2) is 0 Å². The highest BCUT2D eigenvalue weighted by Gasteiger charge is 2.20. The lowest BCUT2D eigenvalue weighted by Gasteiger charge is -2.27. The van der Waals surface area contributed by atoms with Crippen LogP contribution in [0.2, 0.25) is 0 Å². The molecule has 0 heterocycles. The summed E-state index contributed by atoms with van der Waals surface area (Å²) in [7, 11) is 2.20. The van der Waals surface area contributed by atoms with Crippen molar-refractivity contribution in [1.82, 2.24) is 0 Å². The summed E-state index contributed by atoms with van der Waals surface area (Å²) < 4.78 is 1.12. The summed E-state index contributed by atoms with van der Waals surface area (Å²) in [6.45, 7) is 2.01. The molecule has 1 aromatic carbocycles. The second-order valence-electron chi connectivity index (χ2n) is 5.04. The molecule has 0 spiro atoms. The van der Waals surface area contributed by atoms with Gasteiger partial charge in [0.1, 0.15) is 0 Å². The van der Waals surface area contributed by atoms with Crippen LogP contribution in [0.25, 0.3) is 0 Å². The van der Waals surface area contributed by atoms with Gasteiger partial charge in [0, 0.05) is 29.3 Å². The fourth-order valence-electron chi connectivity index (χ4n) is 2.61. The van der Waals surface area contributed by atoms with Crippen molar-refractivity contribution < 1.29 is 0 Å². The predicted molar refractivity (Wildman–Crippen MR) is 77.4 cm³/mol. The third-order valence-electron chi connectivity index (χ3n) is 3.75. The van der Waals surface area contributed by atoms with Crippen LogP contribution in [-0.2, 0) is 0 Å². The summed E-state index contributed by atoms with van der Waals surface area (Å²) in [5, 5.41) is 0. The molecule has 1 atom stereocenters. The minimum atomic E-state index is 0.0789. The lowest BCUT2D eigenvalue weighted by Crippen LogP contribution is -2.28. The largest absolute Gasteiger partial charge is 0.372 e. The Balaban J connectivity index is 2.18. The van der Waals surface area contributed by atoms with E-state index < -0.39 is 0 Å². The van der Waals surface area contributed by atoms with Gasteiger partial charge in [-0.1, -0.05) is 34.8 Å². The topological polar surface area (TPSA) is 29.3 Å². The third kappa shape index (κ3) is 2.83. The molecule has 17 heavy (non-hydrogen) atoms. The van der Waals surface area contributed by atoms with Gasteiger partial charge in [0.15, 0.2) is 0 Å². The fourth-order valence-corrected chi connectivity index (χ4v) is 3.33. The highest BCUT2D eigenvalue weighted by Crippen LogP contribution is 2.31. The van der Waals surface area contributed by atoms with E-state index in [0.717, 1.165) is 4.47 Å². The fraction of sp³-hybridized carbons (Fsp3) is 0.571. The molecular formula is C14H21BrN2. The van der Waals surface area contributed by atoms with E-state index in [2.05, 4.69) is 46.1 Å². The molecule has 0 bridgehead atoms. The number of hydrogen-bond acceptors (Lipinski definition) is 2. The molecule has 94 valence electrons. The monoisotopic (exact) mass is 296 g/mol. The Hall–Kier alpha value is -0.540. The van der Waals surface area contributed by atoms with Gasteiger partial charge in [-0.15, -0.1) is 0 Å². The number of anilines is 1. The van der Waals surface area contributed by atoms with Gasteiger partial charge in [-0.05, 0) is 37.5 Å². The van der Waals surface area contributed by atoms with Crippen molar-refractivity contribution in [3.8, 4) is 0 Å². The van der Waals surface area contributed by atoms with Gasteiger partial charge in [-0.3, -0.25) is 0 Å². The Morgan fingerprint density at radius 2 is 2.00 bits per heavy atom. The summed E-state index contributed by atoms with van der Waals surface area (Å²) in [6, 6.07) is 7.30. The van der Waals surface area contributed by atoms with Crippen LogP contribution in [0.15, 0.2) is 22.7 Å². The molecule has 0 amide bonds. The number of nitrogens with zero attached hydrogens (tertiary/aromatic N) is 1. The minimum Gasteiger partial charge on any atom is -0.372 e. The summed E-state index contributed by atoms with van der Waals surface area (Å²) in [6.07, 6.45) is 5.38. The Morgan fingerprint density at radius 3 is 2.53 bits per heavy atom. The maximum atomic E-state index is 5.92. The Bertz CT molecular complexity index is 384. The molecular weight excluding hydrogens is 276 g/mol. The number of benzene rings is 1. The van der Waals surface area contributed by atoms with Gasteiger partial charge in [0.25, 0.3) is 0 Å². The minimum absolute atomic E-state index is 0.0789. The summed E-state index contributed by atoms with van der Waals surface area (Å²) in [4.78, 5) is 2.41. The van der Waals surface area contributed by atoms with E-state index in [0.29, 0.717) is 6.04 Å². The zero-order valence-corrected chi connectivity index (χ0v) is 12.2. The lowest BCUT2D eigenvalue weighted by molar-refractivity contribution is 0.653. The normalized spacial score (nSPS) is 18.4. The molecule has 3 heteroatoms. The zero-order chi connectivity index (χ0) is 12.4. The van der Waals surface area contributed by atoms with Crippen LogP contribution in [0.3, 0.4) is 0 Å². The average Bonchev–Trinajstić information content (AvgIpc) is 2.80. The van der Waals surface area contributed by atoms with Crippen molar-refractivity contribution in [3.05, 3.63) is 28.2 Å². The SMILES string of the molecule is C[C@H](N)c1ccc(N(C)C2CCCC2)cc1Br. The number of nitrogens with two attached hydrogens (primary N) is 1. The molecule has 0 aromatic heterocycles. The number of hydrogen-bond donors (Lipinski definition) is 1. The first-order chi connectivity index (χ1) is 8.09. The second kappa shape index (κ2) is 5.40. The molecule has 1 saturated carbocycles. The quantitative estimate of drug-likeness (QED) is 0.918. The van der Waals surface area contributed by atoms with Crippen molar-refractivity contribution in [2.24, 2.45) is 5.73 Å². The standard InChI is InChI=1S/C14H21BrN2/c1-10(16)13-8-7-12(9-14(13)15)17(2)11-5-3-4-6-11/h7-11H,3-6,16H2,1-2H3/t10-/m0/s1. The van der Waals surface area contributed by atoms with Crippen LogP contribution in [-0.4, -0.2) is 13.1 Å². The van der Waals surface area contributed by atoms with Gasteiger partial charge >= 0.3 is 0 Å². The van der Waals surface area contributed by atoms with Crippen LogP contribution in [0.4, 0.5) is 5.69 Å². The van der Waals surface area contributed by atoms with E-state index in [1.54, 1.807) is 0 Å². The Morgan fingerprint density at radius 1 is 1.35 bits per heavy atom. The van der Waals surface area contributed by atoms with Crippen LogP contribution < -0.4 is 10.6 Å². The maximum Gasteiger partial charge on any atom is 0.0377 e. The zero-order valence-electron chi connectivity index (χ0n) is 10.6. The molecule has 0 unspecified atom stereocenters. The summed E-state index contributed by atoms with van der Waals surface area (Å²) in [5.41, 5.74) is 8.38. The lowest BCUT2D eigenvalue weighted by atomic mass is 10.1. The molecule has 2 nitrogen and oxygen atoms in total. The van der Waals surface area contributed by atoms with Gasteiger partial charge in [-0.2, -0.15) is 0 Å². The second-order valence-corrected chi connectivity index (χ2v) is 5.90. The molecule has 1 aliphatic rings. The molecule has 1 aromatic rings. The smallest absolute Gasteiger partial charge is 0.0377 e. The van der Waals surface area contributed by atoms with Crippen molar-refractivity contribution in [2.75, 3.05) is 11.9 Å². The molecule has 0 saturated heterocycles. The van der Waals surface area contributed by atoms with Crippen molar-refractivity contribution in [3.63, 3.8) is 0 Å². The van der Waals surface area contributed by atoms with Crippen LogP contribution in [0.5, 0.6) is 0 Å². The molecule has 2 rings (SSSR count). The highest BCUT2D eigenvalue weighted by molar-refractivity contribution is 9.10. The van der Waals surface area contributed by atoms with Crippen molar-refractivity contribution in [2.45, 2.75) is 44.7 Å². The third-order valence-corrected chi connectivity index (χ3v) is 4.44. The Labute approximate surface area is 112 Å². The average molecular weight is 297 g/mol. The number of halogens is 1. The van der Waals surface area contributed by atoms with Gasteiger partial charge in [0.2, 0.25) is 0 Å². The molecule has 0 radical (unpaired) electrons. The van der Waals surface area contributed by atoms with Crippen molar-refractivity contribution in [1.29, 1.82) is 0 Å². The maximum absolute atomic E-state index is 5.92. The van der Waals surface area contributed by atoms with Crippen LogP contribution >= 0.6 is 15.9 Å². The molecule has 0 aliphatic heterocycles. The molecule has 1 aliphatic carbocycles. The van der Waals surface area contributed by atoms with E-state index in [-0.39, 0.29) is 6.04 Å². The summed E-state index contributed by atoms with van der Waals surface area (Å²) in [5.74, 6) is 0. The molecule has 2 N–H and O–H groups in total. The van der Waals surface area contributed by atoms with E-state index >= 15 is 0 Å². The first kappa shape index (κ1) is 12.9. The van der Waals surface area contributed by atoms with Gasteiger partial charge < -0.3 is 10.6 Å². The first-order valence-corrected chi connectivity index (χ1v) is 7.16. The molecule has 1 fully saturated rings. The van der Waals surface area contributed by atoms with Crippen LogP contribution in [0, 0.1) is 0 Å². The highest BCUT2D eigenvalue weighted by atomic mass is 79.9.